The summed E-state index contributed by atoms with van der Waals surface area (Å²) in [6.45, 7) is 0. The summed E-state index contributed by atoms with van der Waals surface area (Å²) in [6.07, 6.45) is 2.08. The van der Waals surface area contributed by atoms with Crippen molar-refractivity contribution in [1.82, 2.24) is 0 Å². The van der Waals surface area contributed by atoms with Gasteiger partial charge in [0, 0.05) is 15.3 Å². The summed E-state index contributed by atoms with van der Waals surface area (Å²) in [5.41, 5.74) is 0. The first-order valence-electron chi connectivity index (χ1n) is 4.04. The van der Waals surface area contributed by atoms with Crippen LogP contribution < -0.4 is 0 Å². The minimum Gasteiger partial charge on any atom is -0.129 e. The fraction of sp³-hybridized carbons (Fsp3) is 0.0909. The van der Waals surface area contributed by atoms with Crippen LogP contribution in [0.25, 0.3) is 10.8 Å². The standard InChI is InChI=1S/C11H9ClS/c1-13-11-7-3-4-8-9(11)5-2-6-10(8)12/h2-7H,1H3. The van der Waals surface area contributed by atoms with Crippen molar-refractivity contribution in [1.29, 1.82) is 0 Å². The van der Waals surface area contributed by atoms with Crippen LogP contribution in [0.2, 0.25) is 5.02 Å². The molecule has 2 aromatic carbocycles. The summed E-state index contributed by atoms with van der Waals surface area (Å²) in [6, 6.07) is 12.2. The first-order chi connectivity index (χ1) is 6.33. The molecule has 0 aliphatic rings. The van der Waals surface area contributed by atoms with Crippen LogP contribution in [0.1, 0.15) is 0 Å². The maximum Gasteiger partial charge on any atom is 0.0484 e. The fourth-order valence-corrected chi connectivity index (χ4v) is 2.27. The Morgan fingerprint density at radius 2 is 1.69 bits per heavy atom. The lowest BCUT2D eigenvalue weighted by atomic mass is 10.1. The van der Waals surface area contributed by atoms with E-state index in [0.29, 0.717) is 0 Å². The molecular formula is C11H9ClS. The molecule has 0 aromatic heterocycles. The lowest BCUT2D eigenvalue weighted by Gasteiger charge is -2.04. The minimum atomic E-state index is 0.827. The molecule has 0 aliphatic heterocycles. The second-order valence-electron chi connectivity index (χ2n) is 2.80. The molecular weight excluding hydrogens is 200 g/mol. The Hall–Kier alpha value is -0.660. The highest BCUT2D eigenvalue weighted by molar-refractivity contribution is 7.98. The third-order valence-electron chi connectivity index (χ3n) is 2.05. The van der Waals surface area contributed by atoms with E-state index in [2.05, 4.69) is 24.5 Å². The predicted molar refractivity (Wildman–Crippen MR) is 60.7 cm³/mol. The zero-order valence-electron chi connectivity index (χ0n) is 7.25. The van der Waals surface area contributed by atoms with Gasteiger partial charge in [-0.05, 0) is 23.8 Å². The van der Waals surface area contributed by atoms with Crippen molar-refractivity contribution in [3.8, 4) is 0 Å². The van der Waals surface area contributed by atoms with Gasteiger partial charge in [0.05, 0.1) is 0 Å². The molecule has 0 aliphatic carbocycles. The molecule has 2 heteroatoms. The molecule has 0 amide bonds. The predicted octanol–water partition coefficient (Wildman–Crippen LogP) is 4.22. The second kappa shape index (κ2) is 3.60. The number of hydrogen-bond acceptors (Lipinski definition) is 1. The highest BCUT2D eigenvalue weighted by Gasteiger charge is 2.01. The molecule has 0 heterocycles. The van der Waals surface area contributed by atoms with Crippen molar-refractivity contribution < 1.29 is 0 Å². The fourth-order valence-electron chi connectivity index (χ4n) is 1.42. The van der Waals surface area contributed by atoms with Gasteiger partial charge in [0.2, 0.25) is 0 Å². The van der Waals surface area contributed by atoms with Crippen LogP contribution in [0.3, 0.4) is 0 Å². The van der Waals surface area contributed by atoms with Gasteiger partial charge in [0.1, 0.15) is 0 Å². The van der Waals surface area contributed by atoms with Crippen molar-refractivity contribution in [2.75, 3.05) is 6.26 Å². The van der Waals surface area contributed by atoms with E-state index in [-0.39, 0.29) is 0 Å². The van der Waals surface area contributed by atoms with E-state index < -0.39 is 0 Å². The smallest absolute Gasteiger partial charge is 0.0484 e. The Morgan fingerprint density at radius 1 is 1.00 bits per heavy atom. The van der Waals surface area contributed by atoms with Crippen LogP contribution in [0.5, 0.6) is 0 Å². The van der Waals surface area contributed by atoms with Crippen LogP contribution in [0.15, 0.2) is 41.3 Å². The Morgan fingerprint density at radius 3 is 2.46 bits per heavy atom. The number of halogens is 1. The Bertz CT molecular complexity index is 437. The van der Waals surface area contributed by atoms with Gasteiger partial charge in [-0.3, -0.25) is 0 Å². The van der Waals surface area contributed by atoms with Crippen LogP contribution in [-0.2, 0) is 0 Å². The van der Waals surface area contributed by atoms with E-state index in [9.17, 15) is 0 Å². The van der Waals surface area contributed by atoms with Crippen LogP contribution in [-0.4, -0.2) is 6.26 Å². The molecule has 0 fully saturated rings. The molecule has 66 valence electrons. The number of fused-ring (bicyclic) bond motifs is 1. The summed E-state index contributed by atoms with van der Waals surface area (Å²) in [4.78, 5) is 1.28. The molecule has 0 atom stereocenters. The SMILES string of the molecule is CSc1cccc2c(Cl)cccc12. The van der Waals surface area contributed by atoms with Gasteiger partial charge in [-0.15, -0.1) is 11.8 Å². The normalized spacial score (nSPS) is 10.6. The van der Waals surface area contributed by atoms with E-state index in [4.69, 9.17) is 11.6 Å². The highest BCUT2D eigenvalue weighted by atomic mass is 35.5. The molecule has 13 heavy (non-hydrogen) atoms. The first-order valence-corrected chi connectivity index (χ1v) is 5.64. The topological polar surface area (TPSA) is 0 Å². The quantitative estimate of drug-likeness (QED) is 0.633. The van der Waals surface area contributed by atoms with Crippen LogP contribution in [0.4, 0.5) is 0 Å². The average Bonchev–Trinajstić information content (AvgIpc) is 2.18. The highest BCUT2D eigenvalue weighted by Crippen LogP contribution is 2.30. The summed E-state index contributed by atoms with van der Waals surface area (Å²) in [5, 5.41) is 3.20. The monoisotopic (exact) mass is 208 g/mol. The molecule has 0 saturated heterocycles. The van der Waals surface area contributed by atoms with Crippen molar-refractivity contribution in [2.24, 2.45) is 0 Å². The van der Waals surface area contributed by atoms with Gasteiger partial charge in [0.25, 0.3) is 0 Å². The van der Waals surface area contributed by atoms with Crippen LogP contribution in [0, 0.1) is 0 Å². The molecule has 0 saturated carbocycles. The Kier molecular flexibility index (Phi) is 2.47. The Balaban J connectivity index is 2.84. The first kappa shape index (κ1) is 8.92. The Labute approximate surface area is 86.9 Å². The zero-order chi connectivity index (χ0) is 9.26. The van der Waals surface area contributed by atoms with Crippen molar-refractivity contribution in [3.05, 3.63) is 41.4 Å². The van der Waals surface area contributed by atoms with E-state index in [1.165, 1.54) is 10.3 Å². The van der Waals surface area contributed by atoms with Gasteiger partial charge >= 0.3 is 0 Å². The van der Waals surface area contributed by atoms with E-state index >= 15 is 0 Å². The molecule has 0 spiro atoms. The molecule has 0 N–H and O–H groups in total. The third-order valence-corrected chi connectivity index (χ3v) is 3.17. The van der Waals surface area contributed by atoms with Gasteiger partial charge in [-0.2, -0.15) is 0 Å². The number of benzene rings is 2. The molecule has 0 radical (unpaired) electrons. The summed E-state index contributed by atoms with van der Waals surface area (Å²) < 4.78 is 0. The van der Waals surface area contributed by atoms with E-state index in [1.54, 1.807) is 11.8 Å². The van der Waals surface area contributed by atoms with E-state index in [0.717, 1.165) is 10.4 Å². The number of hydrogen-bond donors (Lipinski definition) is 0. The molecule has 2 rings (SSSR count). The van der Waals surface area contributed by atoms with E-state index in [1.807, 2.05) is 18.2 Å². The third kappa shape index (κ3) is 1.54. The van der Waals surface area contributed by atoms with Gasteiger partial charge in [-0.25, -0.2) is 0 Å². The minimum absolute atomic E-state index is 0.827. The van der Waals surface area contributed by atoms with Crippen LogP contribution >= 0.6 is 23.4 Å². The molecule has 2 aromatic rings. The molecule has 0 nitrogen and oxygen atoms in total. The van der Waals surface area contributed by atoms with Gasteiger partial charge in [-0.1, -0.05) is 35.9 Å². The van der Waals surface area contributed by atoms with Gasteiger partial charge < -0.3 is 0 Å². The second-order valence-corrected chi connectivity index (χ2v) is 4.05. The van der Waals surface area contributed by atoms with Crippen molar-refractivity contribution in [2.45, 2.75) is 4.90 Å². The molecule has 0 unspecified atom stereocenters. The summed E-state index contributed by atoms with van der Waals surface area (Å²) in [7, 11) is 0. The lowest BCUT2D eigenvalue weighted by Crippen LogP contribution is -1.77. The number of thioether (sulfide) groups is 1. The largest absolute Gasteiger partial charge is 0.129 e. The van der Waals surface area contributed by atoms with Crippen molar-refractivity contribution >= 4 is 34.1 Å². The maximum absolute atomic E-state index is 6.08. The number of rotatable bonds is 1. The van der Waals surface area contributed by atoms with Crippen molar-refractivity contribution in [3.63, 3.8) is 0 Å². The van der Waals surface area contributed by atoms with Gasteiger partial charge in [0.15, 0.2) is 0 Å². The lowest BCUT2D eigenvalue weighted by molar-refractivity contribution is 1.55. The molecule has 0 bridgehead atoms. The zero-order valence-corrected chi connectivity index (χ0v) is 8.82. The summed E-state index contributed by atoms with van der Waals surface area (Å²) in [5.74, 6) is 0. The summed E-state index contributed by atoms with van der Waals surface area (Å²) >= 11 is 7.83. The maximum atomic E-state index is 6.08. The average molecular weight is 209 g/mol.